The van der Waals surface area contributed by atoms with Gasteiger partial charge in [0.2, 0.25) is 17.2 Å². The Kier molecular flexibility index (Phi) is 7.07. The van der Waals surface area contributed by atoms with E-state index in [1.165, 1.54) is 14.0 Å². The third kappa shape index (κ3) is 3.99. The number of fused-ring (bicyclic) bond motifs is 1. The third-order valence-corrected chi connectivity index (χ3v) is 9.43. The Morgan fingerprint density at radius 3 is 2.60 bits per heavy atom. The molecule has 4 heterocycles. The lowest BCUT2D eigenvalue weighted by Gasteiger charge is -2.76. The van der Waals surface area contributed by atoms with Crippen molar-refractivity contribution in [3.05, 3.63) is 34.2 Å². The summed E-state index contributed by atoms with van der Waals surface area (Å²) in [6.45, 7) is 5.62. The molecule has 2 N–H and O–H groups in total. The van der Waals surface area contributed by atoms with Gasteiger partial charge in [0.15, 0.2) is 5.65 Å². The molecule has 1 amide bonds. The Morgan fingerprint density at radius 1 is 1.30 bits per heavy atom. The predicted octanol–water partition coefficient (Wildman–Crippen LogP) is 3.69. The Balaban J connectivity index is 0.00000323. The number of hydrogen-bond donors (Lipinski definition) is 2. The van der Waals surface area contributed by atoms with E-state index in [0.29, 0.717) is 65.1 Å². The molecule has 0 spiro atoms. The molecule has 1 atom stereocenters. The second-order valence-corrected chi connectivity index (χ2v) is 11.6. The van der Waals surface area contributed by atoms with Crippen LogP contribution in [0.25, 0.3) is 20.9 Å². The number of rotatable bonds is 6. The van der Waals surface area contributed by atoms with Gasteiger partial charge in [-0.1, -0.05) is 6.92 Å². The fourth-order valence-electron chi connectivity index (χ4n) is 6.80. The highest BCUT2D eigenvalue weighted by molar-refractivity contribution is 7.21. The van der Waals surface area contributed by atoms with Crippen LogP contribution in [-0.4, -0.2) is 65.4 Å². The first-order valence-electron chi connectivity index (χ1n) is 12.9. The molecule has 3 aromatic heterocycles. The van der Waals surface area contributed by atoms with Crippen LogP contribution in [-0.2, 0) is 11.2 Å². The Hall–Kier alpha value is -2.90. The zero-order chi connectivity index (χ0) is 27.7. The van der Waals surface area contributed by atoms with Gasteiger partial charge < -0.3 is 24.8 Å². The summed E-state index contributed by atoms with van der Waals surface area (Å²) in [5, 5.41) is 6.59. The highest BCUT2D eigenvalue weighted by Gasteiger charge is 2.86. The minimum atomic E-state index is -4.48. The molecule has 2 bridgehead atoms. The number of methoxy groups -OCH3 is 1. The number of carbonyl (C=O) groups is 1. The number of hydrogen-bond acceptors (Lipinski definition) is 8. The van der Waals surface area contributed by atoms with E-state index in [-0.39, 0.29) is 42.2 Å². The van der Waals surface area contributed by atoms with Crippen LogP contribution in [0.15, 0.2) is 23.1 Å². The van der Waals surface area contributed by atoms with Gasteiger partial charge in [-0.15, -0.1) is 23.7 Å². The molecule has 3 saturated carbocycles. The molecule has 9 nitrogen and oxygen atoms in total. The van der Waals surface area contributed by atoms with Gasteiger partial charge in [0.25, 0.3) is 0 Å². The molecule has 1 aliphatic heterocycles. The number of amides is 1. The molecule has 1 unspecified atom stereocenters. The van der Waals surface area contributed by atoms with Crippen LogP contribution in [0, 0.1) is 5.41 Å². The zero-order valence-corrected chi connectivity index (χ0v) is 23.9. The second kappa shape index (κ2) is 9.88. The molecular weight excluding hydrogens is 569 g/mol. The summed E-state index contributed by atoms with van der Waals surface area (Å²) in [6, 6.07) is 2.31. The Bertz CT molecular complexity index is 1530. The summed E-state index contributed by atoms with van der Waals surface area (Å²) in [5.74, 6) is -0.0189. The topological polar surface area (TPSA) is 101 Å². The van der Waals surface area contributed by atoms with Gasteiger partial charge in [-0.2, -0.15) is 13.2 Å². The van der Waals surface area contributed by atoms with Crippen LogP contribution in [0.2, 0.25) is 0 Å². The van der Waals surface area contributed by atoms with Crippen molar-refractivity contribution in [2.75, 3.05) is 38.2 Å². The largest absolute Gasteiger partial charge is 0.481 e. The Morgan fingerprint density at radius 2 is 2.00 bits per heavy atom. The van der Waals surface area contributed by atoms with Crippen molar-refractivity contribution in [2.45, 2.75) is 50.9 Å². The highest BCUT2D eigenvalue weighted by Crippen LogP contribution is 2.79. The smallest absolute Gasteiger partial charge is 0.396 e. The van der Waals surface area contributed by atoms with E-state index in [4.69, 9.17) is 9.72 Å². The van der Waals surface area contributed by atoms with Gasteiger partial charge in [-0.25, -0.2) is 9.97 Å². The number of ether oxygens (including phenoxy) is 1. The van der Waals surface area contributed by atoms with Crippen LogP contribution >= 0.6 is 23.7 Å². The summed E-state index contributed by atoms with van der Waals surface area (Å²) < 4.78 is 51.1. The summed E-state index contributed by atoms with van der Waals surface area (Å²) in [6.07, 6.45) is -2.97. The number of anilines is 1. The number of halogens is 4. The maximum atomic E-state index is 14.6. The number of pyridine rings is 2. The van der Waals surface area contributed by atoms with E-state index in [2.05, 4.69) is 15.6 Å². The van der Waals surface area contributed by atoms with Crippen LogP contribution in [0.1, 0.15) is 38.4 Å². The standard InChI is InChI=1S/C26H29F3N6O3S.ClH/c1-4-16-18(34-9-7-30-8-10-34)19(37)20-21(32-22(39-20)15-5-6-31-17(11-15)38-3)35(16)23-24(26(27,28)29)12-25(23,13-24)33-14(2)36;/h5-6,11,23,30H,4,7-10,12-13H2,1-3H3,(H,33,36);1H. The highest BCUT2D eigenvalue weighted by atomic mass is 35.5. The fourth-order valence-corrected chi connectivity index (χ4v) is 7.79. The van der Waals surface area contributed by atoms with Gasteiger partial charge in [-0.3, -0.25) is 9.59 Å². The summed E-state index contributed by atoms with van der Waals surface area (Å²) in [4.78, 5) is 37.1. The van der Waals surface area contributed by atoms with Crippen LogP contribution < -0.4 is 25.7 Å². The minimum absolute atomic E-state index is 0. The van der Waals surface area contributed by atoms with E-state index >= 15 is 0 Å². The molecule has 1 saturated heterocycles. The van der Waals surface area contributed by atoms with E-state index < -0.39 is 23.2 Å². The average Bonchev–Trinajstić information content (AvgIpc) is 3.33. The van der Waals surface area contributed by atoms with Crippen LogP contribution in [0.5, 0.6) is 5.88 Å². The lowest BCUT2D eigenvalue weighted by atomic mass is 9.35. The normalized spacial score (nSPS) is 25.6. The van der Waals surface area contributed by atoms with Crippen LogP contribution in [0.3, 0.4) is 0 Å². The van der Waals surface area contributed by atoms with Crippen molar-refractivity contribution in [1.29, 1.82) is 0 Å². The average molecular weight is 599 g/mol. The lowest BCUT2D eigenvalue weighted by molar-refractivity contribution is -0.367. The molecular formula is C26H30ClF3N6O3S. The molecule has 4 fully saturated rings. The first kappa shape index (κ1) is 28.6. The maximum absolute atomic E-state index is 14.6. The van der Waals surface area contributed by atoms with Gasteiger partial charge in [0.05, 0.1) is 24.1 Å². The van der Waals surface area contributed by atoms with E-state index in [9.17, 15) is 22.8 Å². The predicted molar refractivity (Wildman–Crippen MR) is 149 cm³/mol. The summed E-state index contributed by atoms with van der Waals surface area (Å²) in [5.41, 5.74) is -1.45. The molecule has 7 rings (SSSR count). The number of thiazole rings is 1. The van der Waals surface area contributed by atoms with E-state index in [1.54, 1.807) is 22.9 Å². The number of nitrogens with one attached hydrogen (secondary N) is 2. The minimum Gasteiger partial charge on any atom is -0.481 e. The quantitative estimate of drug-likeness (QED) is 0.446. The second-order valence-electron chi connectivity index (χ2n) is 10.6. The van der Waals surface area contributed by atoms with Gasteiger partial charge in [-0.05, 0) is 25.3 Å². The molecule has 4 aliphatic rings. The first-order chi connectivity index (χ1) is 18.5. The first-order valence-corrected chi connectivity index (χ1v) is 13.8. The van der Waals surface area contributed by atoms with E-state index in [1.807, 2.05) is 11.8 Å². The third-order valence-electron chi connectivity index (χ3n) is 8.34. The van der Waals surface area contributed by atoms with Crippen molar-refractivity contribution in [3.8, 4) is 16.5 Å². The van der Waals surface area contributed by atoms with Crippen molar-refractivity contribution >= 4 is 45.7 Å². The molecule has 0 radical (unpaired) electrons. The monoisotopic (exact) mass is 598 g/mol. The maximum Gasteiger partial charge on any atom is 0.396 e. The number of aromatic nitrogens is 3. The van der Waals surface area contributed by atoms with Gasteiger partial charge in [0.1, 0.15) is 15.4 Å². The van der Waals surface area contributed by atoms with Crippen molar-refractivity contribution in [1.82, 2.24) is 25.2 Å². The number of piperazine rings is 1. The summed E-state index contributed by atoms with van der Waals surface area (Å²) in [7, 11) is 1.49. The van der Waals surface area contributed by atoms with Crippen molar-refractivity contribution in [3.63, 3.8) is 0 Å². The summed E-state index contributed by atoms with van der Waals surface area (Å²) >= 11 is 1.16. The molecule has 40 heavy (non-hydrogen) atoms. The lowest BCUT2D eigenvalue weighted by Crippen LogP contribution is -2.85. The van der Waals surface area contributed by atoms with Crippen LogP contribution in [0.4, 0.5) is 18.9 Å². The number of carbonyl (C=O) groups excluding carboxylic acids is 1. The Labute approximate surface area is 238 Å². The fraction of sp³-hybridized carbons (Fsp3) is 0.538. The van der Waals surface area contributed by atoms with Crippen molar-refractivity contribution in [2.24, 2.45) is 5.41 Å². The van der Waals surface area contributed by atoms with Crippen molar-refractivity contribution < 1.29 is 22.7 Å². The number of nitrogens with zero attached hydrogens (tertiary/aromatic N) is 4. The zero-order valence-electron chi connectivity index (χ0n) is 22.2. The van der Waals surface area contributed by atoms with Gasteiger partial charge >= 0.3 is 6.18 Å². The SMILES string of the molecule is CCc1c(N2CCNCC2)c(=O)c2sc(-c3ccnc(OC)c3)nc2n1C1C2(NC(C)=O)CC1(C(F)(F)F)C2.Cl. The molecule has 14 heteroatoms. The molecule has 3 aromatic rings. The van der Waals surface area contributed by atoms with E-state index in [0.717, 1.165) is 11.3 Å². The number of alkyl halides is 3. The molecule has 216 valence electrons. The molecule has 3 aliphatic carbocycles. The molecule has 0 aromatic carbocycles. The van der Waals surface area contributed by atoms with Gasteiger partial charge in [0, 0.05) is 56.6 Å².